The van der Waals surface area contributed by atoms with Crippen LogP contribution in [0.25, 0.3) is 0 Å². The Morgan fingerprint density at radius 1 is 1.17 bits per heavy atom. The van der Waals surface area contributed by atoms with Crippen molar-refractivity contribution in [3.63, 3.8) is 0 Å². The van der Waals surface area contributed by atoms with Gasteiger partial charge in [0.2, 0.25) is 0 Å². The van der Waals surface area contributed by atoms with Crippen LogP contribution in [0.15, 0.2) is 53.5 Å². The van der Waals surface area contributed by atoms with Crippen molar-refractivity contribution >= 4 is 17.9 Å². The molecule has 0 aromatic heterocycles. The number of aryl methyl sites for hydroxylation is 1. The Kier molecular flexibility index (Phi) is 6.55. The van der Waals surface area contributed by atoms with Crippen LogP contribution >= 0.6 is 0 Å². The number of aliphatic carboxylic acids is 1. The lowest BCUT2D eigenvalue weighted by atomic mass is 10.1. The van der Waals surface area contributed by atoms with Crippen LogP contribution in [0.2, 0.25) is 0 Å². The van der Waals surface area contributed by atoms with Crippen molar-refractivity contribution in [1.29, 1.82) is 0 Å². The van der Waals surface area contributed by atoms with Gasteiger partial charge in [0.15, 0.2) is 6.10 Å². The molecule has 4 heteroatoms. The highest BCUT2D eigenvalue weighted by Crippen LogP contribution is 2.16. The van der Waals surface area contributed by atoms with Crippen LogP contribution in [-0.2, 0) is 11.2 Å². The van der Waals surface area contributed by atoms with Crippen LogP contribution in [0.3, 0.4) is 0 Å². The standard InChI is InChI=1S/C20H23NO3/c1-3-4-5-16-6-10-18(11-7-16)21-14-17-8-12-19(13-9-17)24-15(2)20(22)23/h6-15H,3-5H2,1-2H3,(H,22,23)/t15-/m1/s1. The molecule has 0 saturated heterocycles. The second-order valence-electron chi connectivity index (χ2n) is 5.70. The summed E-state index contributed by atoms with van der Waals surface area (Å²) >= 11 is 0. The summed E-state index contributed by atoms with van der Waals surface area (Å²) in [4.78, 5) is 15.2. The molecule has 0 heterocycles. The summed E-state index contributed by atoms with van der Waals surface area (Å²) in [6.45, 7) is 3.69. The molecule has 0 amide bonds. The number of carboxylic acids is 1. The van der Waals surface area contributed by atoms with Gasteiger partial charge in [-0.05, 0) is 67.3 Å². The number of carbonyl (C=O) groups is 1. The third kappa shape index (κ3) is 5.54. The second kappa shape index (κ2) is 8.87. The fraction of sp³-hybridized carbons (Fsp3) is 0.300. The Morgan fingerprint density at radius 3 is 2.42 bits per heavy atom. The highest BCUT2D eigenvalue weighted by Gasteiger charge is 2.11. The lowest BCUT2D eigenvalue weighted by Crippen LogP contribution is -2.22. The van der Waals surface area contributed by atoms with E-state index in [-0.39, 0.29) is 0 Å². The molecule has 1 N–H and O–H groups in total. The average molecular weight is 325 g/mol. The number of hydrogen-bond acceptors (Lipinski definition) is 3. The fourth-order valence-corrected chi connectivity index (χ4v) is 2.17. The van der Waals surface area contributed by atoms with E-state index in [1.165, 1.54) is 25.3 Å². The van der Waals surface area contributed by atoms with E-state index in [1.807, 2.05) is 24.3 Å². The summed E-state index contributed by atoms with van der Waals surface area (Å²) in [7, 11) is 0. The minimum atomic E-state index is -0.983. The smallest absolute Gasteiger partial charge is 0.344 e. The van der Waals surface area contributed by atoms with Gasteiger partial charge < -0.3 is 9.84 Å². The maximum absolute atomic E-state index is 10.8. The number of nitrogens with zero attached hydrogens (tertiary/aromatic N) is 1. The van der Waals surface area contributed by atoms with E-state index in [2.05, 4.69) is 24.0 Å². The molecule has 0 aliphatic heterocycles. The third-order valence-corrected chi connectivity index (χ3v) is 3.66. The van der Waals surface area contributed by atoms with Crippen molar-refractivity contribution in [1.82, 2.24) is 0 Å². The summed E-state index contributed by atoms with van der Waals surface area (Å²) in [5.74, 6) is -0.453. The van der Waals surface area contributed by atoms with Gasteiger partial charge in [-0.25, -0.2) is 4.79 Å². The molecule has 2 aromatic rings. The molecule has 0 bridgehead atoms. The van der Waals surface area contributed by atoms with E-state index in [4.69, 9.17) is 9.84 Å². The molecule has 4 nitrogen and oxygen atoms in total. The maximum Gasteiger partial charge on any atom is 0.344 e. The molecule has 0 saturated carbocycles. The molecule has 2 rings (SSSR count). The van der Waals surface area contributed by atoms with Gasteiger partial charge in [-0.1, -0.05) is 25.5 Å². The van der Waals surface area contributed by atoms with Crippen LogP contribution in [0.1, 0.15) is 37.8 Å². The zero-order valence-corrected chi connectivity index (χ0v) is 14.1. The largest absolute Gasteiger partial charge is 0.479 e. The summed E-state index contributed by atoms with van der Waals surface area (Å²) in [6.07, 6.45) is 4.43. The molecule has 24 heavy (non-hydrogen) atoms. The van der Waals surface area contributed by atoms with Crippen molar-refractivity contribution < 1.29 is 14.6 Å². The molecule has 0 radical (unpaired) electrons. The van der Waals surface area contributed by atoms with Crippen molar-refractivity contribution in [2.24, 2.45) is 4.99 Å². The zero-order valence-electron chi connectivity index (χ0n) is 14.1. The number of unbranched alkanes of at least 4 members (excludes halogenated alkanes) is 1. The number of carboxylic acid groups (broad SMARTS) is 1. The summed E-state index contributed by atoms with van der Waals surface area (Å²) in [5.41, 5.74) is 3.18. The molecule has 1 atom stereocenters. The topological polar surface area (TPSA) is 58.9 Å². The van der Waals surface area contributed by atoms with Crippen LogP contribution in [0.4, 0.5) is 5.69 Å². The first kappa shape index (κ1) is 17.7. The van der Waals surface area contributed by atoms with Gasteiger partial charge in [0.05, 0.1) is 5.69 Å². The number of ether oxygens (including phenoxy) is 1. The van der Waals surface area contributed by atoms with Gasteiger partial charge in [-0.2, -0.15) is 0 Å². The first-order valence-electron chi connectivity index (χ1n) is 8.21. The molecular formula is C20H23NO3. The first-order chi connectivity index (χ1) is 11.6. The normalized spacial score (nSPS) is 12.2. The fourth-order valence-electron chi connectivity index (χ4n) is 2.17. The molecule has 0 spiro atoms. The zero-order chi connectivity index (χ0) is 17.4. The van der Waals surface area contributed by atoms with E-state index in [0.717, 1.165) is 17.7 Å². The lowest BCUT2D eigenvalue weighted by molar-refractivity contribution is -0.144. The molecule has 0 aliphatic carbocycles. The van der Waals surface area contributed by atoms with Crippen LogP contribution in [-0.4, -0.2) is 23.4 Å². The Morgan fingerprint density at radius 2 is 1.83 bits per heavy atom. The van der Waals surface area contributed by atoms with Crippen LogP contribution in [0.5, 0.6) is 5.75 Å². The molecule has 0 unspecified atom stereocenters. The van der Waals surface area contributed by atoms with Gasteiger partial charge in [0.1, 0.15) is 5.75 Å². The van der Waals surface area contributed by atoms with Crippen molar-refractivity contribution in [2.45, 2.75) is 39.2 Å². The lowest BCUT2D eigenvalue weighted by Gasteiger charge is -2.09. The Balaban J connectivity index is 1.95. The number of benzene rings is 2. The van der Waals surface area contributed by atoms with E-state index < -0.39 is 12.1 Å². The summed E-state index contributed by atoms with van der Waals surface area (Å²) < 4.78 is 5.29. The first-order valence-corrected chi connectivity index (χ1v) is 8.21. The van der Waals surface area contributed by atoms with E-state index >= 15 is 0 Å². The molecule has 0 fully saturated rings. The van der Waals surface area contributed by atoms with Crippen LogP contribution < -0.4 is 4.74 Å². The highest BCUT2D eigenvalue weighted by molar-refractivity contribution is 5.82. The van der Waals surface area contributed by atoms with Gasteiger partial charge >= 0.3 is 5.97 Å². The summed E-state index contributed by atoms with van der Waals surface area (Å²) in [6, 6.07) is 15.5. The van der Waals surface area contributed by atoms with Crippen molar-refractivity contribution in [3.05, 3.63) is 59.7 Å². The van der Waals surface area contributed by atoms with E-state index in [9.17, 15) is 4.79 Å². The molecule has 0 aliphatic rings. The van der Waals surface area contributed by atoms with Gasteiger partial charge in [0.25, 0.3) is 0 Å². The summed E-state index contributed by atoms with van der Waals surface area (Å²) in [5, 5.41) is 8.83. The van der Waals surface area contributed by atoms with Gasteiger partial charge in [-0.15, -0.1) is 0 Å². The molecular weight excluding hydrogens is 302 g/mol. The Hall–Kier alpha value is -2.62. The number of rotatable bonds is 8. The monoisotopic (exact) mass is 325 g/mol. The Labute approximate surface area is 142 Å². The maximum atomic E-state index is 10.8. The van der Waals surface area contributed by atoms with E-state index in [1.54, 1.807) is 18.3 Å². The van der Waals surface area contributed by atoms with Crippen LogP contribution in [0, 0.1) is 0 Å². The molecule has 2 aromatic carbocycles. The van der Waals surface area contributed by atoms with Crippen molar-refractivity contribution in [2.75, 3.05) is 0 Å². The van der Waals surface area contributed by atoms with E-state index in [0.29, 0.717) is 5.75 Å². The second-order valence-corrected chi connectivity index (χ2v) is 5.70. The number of aliphatic imine (C=N–C) groups is 1. The van der Waals surface area contributed by atoms with Gasteiger partial charge in [-0.3, -0.25) is 4.99 Å². The predicted molar refractivity (Wildman–Crippen MR) is 96.5 cm³/mol. The minimum absolute atomic E-state index is 0.530. The predicted octanol–water partition coefficient (Wildman–Crippen LogP) is 4.63. The average Bonchev–Trinajstić information content (AvgIpc) is 2.60. The Bertz CT molecular complexity index is 675. The van der Waals surface area contributed by atoms with Crippen molar-refractivity contribution in [3.8, 4) is 5.75 Å². The van der Waals surface area contributed by atoms with Gasteiger partial charge in [0, 0.05) is 6.21 Å². The number of hydrogen-bond donors (Lipinski definition) is 1. The minimum Gasteiger partial charge on any atom is -0.479 e. The SMILES string of the molecule is CCCCc1ccc(N=Cc2ccc(O[C@H](C)C(=O)O)cc2)cc1. The quantitative estimate of drug-likeness (QED) is 0.720. The third-order valence-electron chi connectivity index (χ3n) is 3.66. The molecule has 126 valence electrons. The highest BCUT2D eigenvalue weighted by atomic mass is 16.5.